The van der Waals surface area contributed by atoms with Crippen LogP contribution in [0.15, 0.2) is 72.9 Å². The van der Waals surface area contributed by atoms with Crippen LogP contribution in [0.5, 0.6) is 5.75 Å². The number of aromatic amines is 1. The summed E-state index contributed by atoms with van der Waals surface area (Å²) in [4.78, 5) is 27.8. The largest absolute Gasteiger partial charge is 0.497 e. The first-order chi connectivity index (χ1) is 12.7. The molecule has 3 rings (SSSR count). The van der Waals surface area contributed by atoms with Crippen molar-refractivity contribution >= 4 is 17.6 Å². The second-order valence-electron chi connectivity index (χ2n) is 5.50. The van der Waals surface area contributed by atoms with E-state index in [-0.39, 0.29) is 5.69 Å². The van der Waals surface area contributed by atoms with E-state index in [1.54, 1.807) is 74.0 Å². The Labute approximate surface area is 150 Å². The lowest BCUT2D eigenvalue weighted by atomic mass is 10.1. The molecule has 3 aromatic rings. The van der Waals surface area contributed by atoms with Gasteiger partial charge in [0.25, 0.3) is 5.91 Å². The maximum absolute atomic E-state index is 12.7. The average molecular weight is 350 g/mol. The summed E-state index contributed by atoms with van der Waals surface area (Å²) in [5.41, 5.74) is 1.44. The number of ether oxygens (including phenoxy) is 2. The molecule has 0 aliphatic carbocycles. The van der Waals surface area contributed by atoms with Gasteiger partial charge in [0.1, 0.15) is 11.4 Å². The van der Waals surface area contributed by atoms with Crippen LogP contribution in [0.25, 0.3) is 0 Å². The van der Waals surface area contributed by atoms with Gasteiger partial charge in [0.15, 0.2) is 0 Å². The molecule has 0 saturated heterocycles. The minimum Gasteiger partial charge on any atom is -0.497 e. The van der Waals surface area contributed by atoms with E-state index in [0.717, 1.165) is 0 Å². The number of benzene rings is 2. The molecule has 0 aliphatic heterocycles. The Bertz CT molecular complexity index is 859. The van der Waals surface area contributed by atoms with Gasteiger partial charge >= 0.3 is 5.97 Å². The molecule has 6 nitrogen and oxygen atoms in total. The van der Waals surface area contributed by atoms with Crippen molar-refractivity contribution in [2.45, 2.75) is 6.10 Å². The summed E-state index contributed by atoms with van der Waals surface area (Å²) in [6.45, 7) is 0. The van der Waals surface area contributed by atoms with E-state index in [1.165, 1.54) is 0 Å². The maximum atomic E-state index is 12.7. The number of nitrogens with one attached hydrogen (secondary N) is 2. The molecule has 1 atom stereocenters. The molecule has 0 bridgehead atoms. The van der Waals surface area contributed by atoms with Gasteiger partial charge < -0.3 is 19.8 Å². The van der Waals surface area contributed by atoms with Crippen molar-refractivity contribution < 1.29 is 19.1 Å². The Balaban J connectivity index is 1.80. The molecule has 26 heavy (non-hydrogen) atoms. The summed E-state index contributed by atoms with van der Waals surface area (Å²) in [7, 11) is 1.57. The van der Waals surface area contributed by atoms with Gasteiger partial charge in [0.2, 0.25) is 6.10 Å². The fraction of sp³-hybridized carbons (Fsp3) is 0.100. The Hall–Kier alpha value is -3.54. The smallest absolute Gasteiger partial charge is 0.355 e. The van der Waals surface area contributed by atoms with Crippen molar-refractivity contribution in [3.8, 4) is 5.75 Å². The van der Waals surface area contributed by atoms with Crippen LogP contribution in [0.4, 0.5) is 5.69 Å². The van der Waals surface area contributed by atoms with Crippen molar-refractivity contribution in [2.24, 2.45) is 0 Å². The van der Waals surface area contributed by atoms with E-state index in [1.807, 2.05) is 6.07 Å². The molecule has 2 N–H and O–H groups in total. The van der Waals surface area contributed by atoms with Crippen LogP contribution < -0.4 is 10.1 Å². The van der Waals surface area contributed by atoms with E-state index >= 15 is 0 Å². The average Bonchev–Trinajstić information content (AvgIpc) is 3.22. The minimum absolute atomic E-state index is 0.281. The number of H-pyrrole nitrogens is 1. The fourth-order valence-electron chi connectivity index (χ4n) is 2.41. The van der Waals surface area contributed by atoms with Crippen LogP contribution in [-0.4, -0.2) is 24.0 Å². The van der Waals surface area contributed by atoms with E-state index < -0.39 is 18.0 Å². The number of hydrogen-bond donors (Lipinski definition) is 2. The van der Waals surface area contributed by atoms with Crippen molar-refractivity contribution in [3.63, 3.8) is 0 Å². The van der Waals surface area contributed by atoms with E-state index in [2.05, 4.69) is 10.3 Å². The summed E-state index contributed by atoms with van der Waals surface area (Å²) < 4.78 is 10.6. The number of carbonyl (C=O) groups excluding carboxylic acids is 2. The fourth-order valence-corrected chi connectivity index (χ4v) is 2.41. The van der Waals surface area contributed by atoms with Gasteiger partial charge in [0.05, 0.1) is 7.11 Å². The van der Waals surface area contributed by atoms with Gasteiger partial charge in [-0.2, -0.15) is 0 Å². The van der Waals surface area contributed by atoms with Crippen LogP contribution in [0, 0.1) is 0 Å². The zero-order chi connectivity index (χ0) is 18.4. The molecule has 2 aromatic carbocycles. The van der Waals surface area contributed by atoms with Gasteiger partial charge in [-0.3, -0.25) is 4.79 Å². The monoisotopic (exact) mass is 350 g/mol. The molecular weight excluding hydrogens is 332 g/mol. The summed E-state index contributed by atoms with van der Waals surface area (Å²) in [6.07, 6.45) is 0.542. The van der Waals surface area contributed by atoms with Crippen LogP contribution in [0.1, 0.15) is 22.2 Å². The van der Waals surface area contributed by atoms with Crippen LogP contribution in [0.2, 0.25) is 0 Å². The number of hydrogen-bond acceptors (Lipinski definition) is 4. The lowest BCUT2D eigenvalue weighted by Crippen LogP contribution is -2.26. The predicted octanol–water partition coefficient (Wildman–Crippen LogP) is 3.56. The molecule has 0 fully saturated rings. The quantitative estimate of drug-likeness (QED) is 0.666. The zero-order valence-corrected chi connectivity index (χ0v) is 14.1. The molecule has 0 unspecified atom stereocenters. The second-order valence-corrected chi connectivity index (χ2v) is 5.50. The first-order valence-electron chi connectivity index (χ1n) is 8.01. The zero-order valence-electron chi connectivity index (χ0n) is 14.1. The third-order valence-electron chi connectivity index (χ3n) is 3.74. The lowest BCUT2D eigenvalue weighted by molar-refractivity contribution is -0.125. The van der Waals surface area contributed by atoms with Crippen molar-refractivity contribution in [2.75, 3.05) is 12.4 Å². The van der Waals surface area contributed by atoms with E-state index in [9.17, 15) is 9.59 Å². The second kappa shape index (κ2) is 8.02. The Kier molecular flexibility index (Phi) is 5.34. The van der Waals surface area contributed by atoms with Crippen LogP contribution in [-0.2, 0) is 9.53 Å². The van der Waals surface area contributed by atoms with E-state index in [0.29, 0.717) is 17.0 Å². The van der Waals surface area contributed by atoms with Crippen LogP contribution in [0.3, 0.4) is 0 Å². The van der Waals surface area contributed by atoms with Crippen molar-refractivity contribution in [1.82, 2.24) is 4.98 Å². The Morgan fingerprint density at radius 2 is 1.69 bits per heavy atom. The summed E-state index contributed by atoms with van der Waals surface area (Å²) in [6, 6.07) is 19.0. The molecule has 0 radical (unpaired) electrons. The van der Waals surface area contributed by atoms with Gasteiger partial charge in [-0.1, -0.05) is 30.3 Å². The first-order valence-corrected chi connectivity index (χ1v) is 8.01. The normalized spacial score (nSPS) is 11.4. The highest BCUT2D eigenvalue weighted by molar-refractivity contribution is 5.97. The maximum Gasteiger partial charge on any atom is 0.355 e. The molecule has 0 aliphatic rings. The van der Waals surface area contributed by atoms with E-state index in [4.69, 9.17) is 9.47 Å². The molecule has 132 valence electrons. The number of rotatable bonds is 6. The van der Waals surface area contributed by atoms with Gasteiger partial charge in [-0.15, -0.1) is 0 Å². The summed E-state index contributed by atoms with van der Waals surface area (Å²) in [5.74, 6) is -0.365. The topological polar surface area (TPSA) is 80.4 Å². The highest BCUT2D eigenvalue weighted by Crippen LogP contribution is 2.22. The summed E-state index contributed by atoms with van der Waals surface area (Å²) in [5, 5.41) is 2.76. The minimum atomic E-state index is -1.07. The number of carbonyl (C=O) groups is 2. The van der Waals surface area contributed by atoms with Crippen molar-refractivity contribution in [3.05, 3.63) is 84.2 Å². The van der Waals surface area contributed by atoms with Gasteiger partial charge in [0, 0.05) is 17.4 Å². The third kappa shape index (κ3) is 4.10. The number of methoxy groups -OCH3 is 1. The summed E-state index contributed by atoms with van der Waals surface area (Å²) >= 11 is 0. The lowest BCUT2D eigenvalue weighted by Gasteiger charge is -2.18. The van der Waals surface area contributed by atoms with Crippen molar-refractivity contribution in [1.29, 1.82) is 0 Å². The number of amides is 1. The Morgan fingerprint density at radius 3 is 2.31 bits per heavy atom. The first kappa shape index (κ1) is 17.3. The number of esters is 1. The van der Waals surface area contributed by atoms with Gasteiger partial charge in [-0.25, -0.2) is 4.79 Å². The molecule has 1 amide bonds. The Morgan fingerprint density at radius 1 is 0.962 bits per heavy atom. The van der Waals surface area contributed by atoms with Crippen LogP contribution >= 0.6 is 0 Å². The molecule has 6 heteroatoms. The predicted molar refractivity (Wildman–Crippen MR) is 97.0 cm³/mol. The third-order valence-corrected chi connectivity index (χ3v) is 3.74. The molecule has 0 saturated carbocycles. The SMILES string of the molecule is COc1ccc(NC(=O)[C@H](OC(=O)c2ccc[nH]2)c2ccccc2)cc1. The number of aromatic nitrogens is 1. The van der Waals surface area contributed by atoms with Gasteiger partial charge in [-0.05, 0) is 36.4 Å². The highest BCUT2D eigenvalue weighted by atomic mass is 16.5. The highest BCUT2D eigenvalue weighted by Gasteiger charge is 2.26. The molecular formula is C20H18N2O4. The molecule has 0 spiro atoms. The standard InChI is InChI=1S/C20H18N2O4/c1-25-16-11-9-15(10-12-16)22-19(23)18(14-6-3-2-4-7-14)26-20(24)17-8-5-13-21-17/h2-13,18,21H,1H3,(H,22,23)/t18-/m1/s1. The number of anilines is 1. The molecule has 1 aromatic heterocycles. The molecule has 1 heterocycles.